The average molecular weight is 430 g/mol. The molecule has 3 heterocycles. The van der Waals surface area contributed by atoms with Crippen LogP contribution < -0.4 is 15.3 Å². The summed E-state index contributed by atoms with van der Waals surface area (Å²) < 4.78 is 0. The van der Waals surface area contributed by atoms with E-state index < -0.39 is 17.5 Å². The van der Waals surface area contributed by atoms with E-state index in [0.29, 0.717) is 17.2 Å². The molecule has 2 aliphatic heterocycles. The second kappa shape index (κ2) is 6.94. The van der Waals surface area contributed by atoms with Crippen molar-refractivity contribution in [3.63, 3.8) is 0 Å². The first-order valence-electron chi connectivity index (χ1n) is 10.2. The molecule has 162 valence electrons. The van der Waals surface area contributed by atoms with Gasteiger partial charge in [0.05, 0.1) is 5.56 Å². The summed E-state index contributed by atoms with van der Waals surface area (Å²) in [6.07, 6.45) is 1.81. The van der Waals surface area contributed by atoms with Gasteiger partial charge in [-0.15, -0.1) is 5.43 Å². The first-order valence-corrected chi connectivity index (χ1v) is 10.2. The number of aromatic amines is 1. The van der Waals surface area contributed by atoms with Crippen molar-refractivity contribution in [2.75, 3.05) is 33.1 Å². The summed E-state index contributed by atoms with van der Waals surface area (Å²) in [6, 6.07) is 15.2. The fraction of sp³-hybridized carbons (Fsp3) is 0.217. The standard InChI is InChI=1S/C23H23N7O2/c1-28(2)15-11-9-14(10-12-15)19-25-23(17-13-24-18-8-6-5-7-16(17)18)20(27-26-19)29(3)22(32)30(4)21(23)31/h5-13,24H,1-4H3,(H,25,26)/p+1/t23-/m1/s1. The second-order valence-electron chi connectivity index (χ2n) is 8.19. The summed E-state index contributed by atoms with van der Waals surface area (Å²) >= 11 is 0. The fourth-order valence-corrected chi connectivity index (χ4v) is 4.34. The number of rotatable bonds is 3. The summed E-state index contributed by atoms with van der Waals surface area (Å²) in [7, 11) is 7.06. The van der Waals surface area contributed by atoms with Crippen molar-refractivity contribution in [3.05, 3.63) is 65.9 Å². The van der Waals surface area contributed by atoms with E-state index in [1.807, 2.05) is 67.5 Å². The maximum absolute atomic E-state index is 13.8. The van der Waals surface area contributed by atoms with Crippen molar-refractivity contribution in [3.8, 4) is 0 Å². The largest absolute Gasteiger partial charge is 0.378 e. The molecule has 32 heavy (non-hydrogen) atoms. The first kappa shape index (κ1) is 19.8. The van der Waals surface area contributed by atoms with Crippen LogP contribution in [0.4, 0.5) is 10.5 Å². The molecule has 1 saturated heterocycles. The lowest BCUT2D eigenvalue weighted by molar-refractivity contribution is -0.527. The molecule has 3 aromatic rings. The molecule has 0 bridgehead atoms. The highest BCUT2D eigenvalue weighted by molar-refractivity contribution is 6.25. The van der Waals surface area contributed by atoms with Crippen molar-refractivity contribution in [1.29, 1.82) is 0 Å². The molecule has 1 fully saturated rings. The lowest BCUT2D eigenvalue weighted by atomic mass is 9.84. The zero-order chi connectivity index (χ0) is 22.6. The van der Waals surface area contributed by atoms with Gasteiger partial charge in [-0.2, -0.15) is 0 Å². The van der Waals surface area contributed by atoms with Crippen LogP contribution in [0, 0.1) is 0 Å². The lowest BCUT2D eigenvalue weighted by Crippen LogP contribution is -2.97. The molecule has 0 unspecified atom stereocenters. The average Bonchev–Trinajstić information content (AvgIpc) is 3.25. The number of aromatic nitrogens is 1. The van der Waals surface area contributed by atoms with Crippen LogP contribution in [0.3, 0.4) is 0 Å². The molecule has 1 atom stereocenters. The number of urea groups is 1. The number of benzene rings is 2. The normalized spacial score (nSPS) is 20.6. The molecule has 0 spiro atoms. The number of anilines is 1. The SMILES string of the molecule is CN1C(=O)N(C)C2=NNC(c3ccc(N(C)C)cc3)=[NH+][C@@]2(c2c[nH]c3ccccc23)C1=O. The monoisotopic (exact) mass is 430 g/mol. The lowest BCUT2D eigenvalue weighted by Gasteiger charge is -2.40. The van der Waals surface area contributed by atoms with Gasteiger partial charge >= 0.3 is 11.9 Å². The minimum Gasteiger partial charge on any atom is -0.378 e. The van der Waals surface area contributed by atoms with Crippen molar-refractivity contribution < 1.29 is 14.6 Å². The fourth-order valence-electron chi connectivity index (χ4n) is 4.34. The van der Waals surface area contributed by atoms with E-state index in [1.165, 1.54) is 11.9 Å². The van der Waals surface area contributed by atoms with Gasteiger partial charge in [0.25, 0.3) is 11.4 Å². The number of hydrogen-bond acceptors (Lipinski definition) is 5. The van der Waals surface area contributed by atoms with Crippen LogP contribution in [0.25, 0.3) is 10.9 Å². The number of fused-ring (bicyclic) bond motifs is 2. The summed E-state index contributed by atoms with van der Waals surface area (Å²) in [5, 5.41) is 5.39. The number of nitrogens with one attached hydrogen (secondary N) is 3. The van der Waals surface area contributed by atoms with E-state index in [4.69, 9.17) is 0 Å². The zero-order valence-electron chi connectivity index (χ0n) is 18.3. The number of carbonyl (C=O) groups excluding carboxylic acids is 2. The quantitative estimate of drug-likeness (QED) is 0.560. The number of imide groups is 1. The molecular weight excluding hydrogens is 406 g/mol. The number of amidine groups is 2. The van der Waals surface area contributed by atoms with E-state index in [2.05, 4.69) is 20.5 Å². The highest BCUT2D eigenvalue weighted by Crippen LogP contribution is 2.33. The summed E-state index contributed by atoms with van der Waals surface area (Å²) in [5.41, 5.74) is 5.12. The molecule has 5 rings (SSSR count). The van der Waals surface area contributed by atoms with Gasteiger partial charge in [-0.05, 0) is 30.3 Å². The Hall–Kier alpha value is -4.14. The number of amides is 3. The molecule has 3 N–H and O–H groups in total. The Morgan fingerprint density at radius 2 is 1.72 bits per heavy atom. The molecule has 1 aromatic heterocycles. The van der Waals surface area contributed by atoms with Gasteiger partial charge in [0.15, 0.2) is 0 Å². The predicted octanol–water partition coefficient (Wildman–Crippen LogP) is 0.397. The van der Waals surface area contributed by atoms with Crippen LogP contribution in [0.1, 0.15) is 11.1 Å². The van der Waals surface area contributed by atoms with Crippen LogP contribution in [-0.4, -0.2) is 66.6 Å². The van der Waals surface area contributed by atoms with Gasteiger partial charge < -0.3 is 9.88 Å². The van der Waals surface area contributed by atoms with Crippen LogP contribution in [0.5, 0.6) is 0 Å². The van der Waals surface area contributed by atoms with E-state index in [-0.39, 0.29) is 0 Å². The van der Waals surface area contributed by atoms with E-state index in [9.17, 15) is 9.59 Å². The topological polar surface area (TPSA) is 98.0 Å². The van der Waals surface area contributed by atoms with Crippen LogP contribution in [0.15, 0.2) is 59.8 Å². The maximum atomic E-state index is 13.8. The summed E-state index contributed by atoms with van der Waals surface area (Å²) in [5.74, 6) is 0.478. The Bertz CT molecular complexity index is 1310. The van der Waals surface area contributed by atoms with Crippen molar-refractivity contribution >= 4 is 40.2 Å². The van der Waals surface area contributed by atoms with Gasteiger partial charge in [0.1, 0.15) is 0 Å². The molecule has 9 heteroatoms. The molecule has 0 radical (unpaired) electrons. The number of hydrazone groups is 1. The van der Waals surface area contributed by atoms with Crippen LogP contribution in [-0.2, 0) is 10.3 Å². The van der Waals surface area contributed by atoms with Crippen LogP contribution >= 0.6 is 0 Å². The second-order valence-corrected chi connectivity index (χ2v) is 8.19. The third-order valence-corrected chi connectivity index (χ3v) is 6.10. The summed E-state index contributed by atoms with van der Waals surface area (Å²) in [4.78, 5) is 37.7. The Labute approximate surface area is 185 Å². The molecule has 2 aromatic carbocycles. The number of carbonyl (C=O) groups is 2. The van der Waals surface area contributed by atoms with Crippen LogP contribution in [0.2, 0.25) is 0 Å². The highest BCUT2D eigenvalue weighted by Gasteiger charge is 2.60. The molecule has 3 amide bonds. The highest BCUT2D eigenvalue weighted by atomic mass is 16.2. The maximum Gasteiger partial charge on any atom is 0.331 e. The smallest absolute Gasteiger partial charge is 0.331 e. The van der Waals surface area contributed by atoms with Crippen molar-refractivity contribution in [2.45, 2.75) is 5.54 Å². The minimum atomic E-state index is -1.38. The third kappa shape index (κ3) is 2.64. The Kier molecular flexibility index (Phi) is 4.30. The molecular formula is C23H24N7O2+. The number of likely N-dealkylation sites (N-methyl/N-ethyl adjacent to an activating group) is 2. The van der Waals surface area contributed by atoms with Gasteiger partial charge in [-0.25, -0.2) is 9.79 Å². The summed E-state index contributed by atoms with van der Waals surface area (Å²) in [6.45, 7) is 0. The van der Waals surface area contributed by atoms with Gasteiger partial charge in [0.2, 0.25) is 5.84 Å². The van der Waals surface area contributed by atoms with E-state index >= 15 is 0 Å². The van der Waals surface area contributed by atoms with Crippen molar-refractivity contribution in [1.82, 2.24) is 20.2 Å². The molecule has 0 aliphatic carbocycles. The van der Waals surface area contributed by atoms with E-state index in [1.54, 1.807) is 13.2 Å². The first-order chi connectivity index (χ1) is 15.3. The Morgan fingerprint density at radius 3 is 2.44 bits per heavy atom. The zero-order valence-corrected chi connectivity index (χ0v) is 18.3. The van der Waals surface area contributed by atoms with Gasteiger partial charge in [0, 0.05) is 56.5 Å². The predicted molar refractivity (Wildman–Crippen MR) is 122 cm³/mol. The van der Waals surface area contributed by atoms with E-state index in [0.717, 1.165) is 27.1 Å². The van der Waals surface area contributed by atoms with Gasteiger partial charge in [-0.3, -0.25) is 14.6 Å². The number of hydrogen-bond donors (Lipinski definition) is 3. The molecule has 0 saturated carbocycles. The van der Waals surface area contributed by atoms with Gasteiger partial charge in [-0.1, -0.05) is 23.3 Å². The Morgan fingerprint density at radius 1 is 1.00 bits per heavy atom. The Balaban J connectivity index is 1.75. The molecule has 9 nitrogen and oxygen atoms in total. The molecule has 2 aliphatic rings. The van der Waals surface area contributed by atoms with Crippen molar-refractivity contribution in [2.24, 2.45) is 5.10 Å². The minimum absolute atomic E-state index is 0.295. The number of nitrogens with zero attached hydrogens (tertiary/aromatic N) is 4. The number of para-hydroxylation sites is 1. The number of H-pyrrole nitrogens is 1. The third-order valence-electron chi connectivity index (χ3n) is 6.10.